The maximum atomic E-state index is 12.5. The van der Waals surface area contributed by atoms with Gasteiger partial charge in [-0.3, -0.25) is 19.4 Å². The van der Waals surface area contributed by atoms with Gasteiger partial charge in [0.25, 0.3) is 0 Å². The smallest absolute Gasteiger partial charge is 0.236 e. The van der Waals surface area contributed by atoms with Crippen LogP contribution in [0.25, 0.3) is 0 Å². The number of piperidine rings is 1. The van der Waals surface area contributed by atoms with Crippen molar-refractivity contribution in [1.82, 2.24) is 20.0 Å². The van der Waals surface area contributed by atoms with Crippen LogP contribution in [0.15, 0.2) is 0 Å². The van der Waals surface area contributed by atoms with Gasteiger partial charge in [-0.25, -0.2) is 0 Å². The predicted molar refractivity (Wildman–Crippen MR) is 95.8 cm³/mol. The normalized spacial score (nSPS) is 24.0. The van der Waals surface area contributed by atoms with Gasteiger partial charge in [0.1, 0.15) is 0 Å². The van der Waals surface area contributed by atoms with Crippen LogP contribution >= 0.6 is 0 Å². The first-order valence-electron chi connectivity index (χ1n) is 9.30. The molecular formula is C18H34N4O2. The molecule has 24 heavy (non-hydrogen) atoms. The second-order valence-electron chi connectivity index (χ2n) is 8.28. The molecule has 138 valence electrons. The Bertz CT molecular complexity index is 439. The Morgan fingerprint density at radius 1 is 0.958 bits per heavy atom. The maximum Gasteiger partial charge on any atom is 0.236 e. The van der Waals surface area contributed by atoms with E-state index >= 15 is 0 Å². The summed E-state index contributed by atoms with van der Waals surface area (Å²) in [5.74, 6) is 0.343. The summed E-state index contributed by atoms with van der Waals surface area (Å²) in [6.45, 7) is 13.4. The van der Waals surface area contributed by atoms with Gasteiger partial charge in [-0.1, -0.05) is 0 Å². The van der Waals surface area contributed by atoms with Crippen LogP contribution in [-0.4, -0.2) is 83.9 Å². The molecule has 0 unspecified atom stereocenters. The first kappa shape index (κ1) is 19.2. The van der Waals surface area contributed by atoms with Crippen LogP contribution in [0.4, 0.5) is 0 Å². The van der Waals surface area contributed by atoms with Crippen molar-refractivity contribution in [3.63, 3.8) is 0 Å². The van der Waals surface area contributed by atoms with Crippen molar-refractivity contribution < 1.29 is 9.59 Å². The van der Waals surface area contributed by atoms with E-state index in [2.05, 4.69) is 22.0 Å². The highest BCUT2D eigenvalue weighted by Crippen LogP contribution is 2.17. The van der Waals surface area contributed by atoms with Crippen LogP contribution in [0, 0.1) is 0 Å². The molecule has 0 aliphatic carbocycles. The van der Waals surface area contributed by atoms with Gasteiger partial charge >= 0.3 is 0 Å². The summed E-state index contributed by atoms with van der Waals surface area (Å²) in [6, 6.07) is 0.383. The molecule has 2 heterocycles. The lowest BCUT2D eigenvalue weighted by Gasteiger charge is -2.38. The van der Waals surface area contributed by atoms with Gasteiger partial charge in [0.15, 0.2) is 0 Å². The van der Waals surface area contributed by atoms with Gasteiger partial charge in [0.2, 0.25) is 11.8 Å². The van der Waals surface area contributed by atoms with E-state index in [1.54, 1.807) is 0 Å². The number of carbonyl (C=O) groups is 2. The summed E-state index contributed by atoms with van der Waals surface area (Å²) in [5, 5.41) is 3.00. The average Bonchev–Trinajstić information content (AvgIpc) is 2.47. The molecule has 0 spiro atoms. The van der Waals surface area contributed by atoms with E-state index in [1.165, 1.54) is 6.42 Å². The first-order valence-corrected chi connectivity index (χ1v) is 9.30. The van der Waals surface area contributed by atoms with Crippen molar-refractivity contribution in [3.05, 3.63) is 0 Å². The minimum absolute atomic E-state index is 0.0779. The van der Waals surface area contributed by atoms with Crippen molar-refractivity contribution in [2.75, 3.05) is 45.8 Å². The van der Waals surface area contributed by atoms with Crippen molar-refractivity contribution in [3.8, 4) is 0 Å². The van der Waals surface area contributed by atoms with E-state index in [4.69, 9.17) is 0 Å². The van der Waals surface area contributed by atoms with Gasteiger partial charge < -0.3 is 10.2 Å². The van der Waals surface area contributed by atoms with E-state index in [0.717, 1.165) is 45.6 Å². The number of carbonyl (C=O) groups excluding carboxylic acids is 2. The number of amides is 2. The van der Waals surface area contributed by atoms with Gasteiger partial charge in [-0.05, 0) is 47.0 Å². The van der Waals surface area contributed by atoms with Gasteiger partial charge in [0.05, 0.1) is 13.1 Å². The predicted octanol–water partition coefficient (Wildman–Crippen LogP) is 0.920. The molecule has 2 amide bonds. The largest absolute Gasteiger partial charge is 0.350 e. The minimum Gasteiger partial charge on any atom is -0.350 e. The molecule has 0 aromatic carbocycles. The SMILES string of the molecule is C[C@H]1CCCCN1C(=O)CN1CCN(CC(=O)NC(C)(C)C)CC1. The number of piperazine rings is 1. The highest BCUT2D eigenvalue weighted by Gasteiger charge is 2.27. The number of likely N-dealkylation sites (tertiary alicyclic amines) is 1. The third kappa shape index (κ3) is 6.06. The quantitative estimate of drug-likeness (QED) is 0.828. The summed E-state index contributed by atoms with van der Waals surface area (Å²) < 4.78 is 0. The van der Waals surface area contributed by atoms with E-state index in [-0.39, 0.29) is 17.4 Å². The highest BCUT2D eigenvalue weighted by atomic mass is 16.2. The Labute approximate surface area is 146 Å². The zero-order chi connectivity index (χ0) is 17.7. The molecule has 0 bridgehead atoms. The molecule has 0 saturated carbocycles. The number of hydrogen-bond donors (Lipinski definition) is 1. The highest BCUT2D eigenvalue weighted by molar-refractivity contribution is 5.79. The van der Waals surface area contributed by atoms with E-state index in [9.17, 15) is 9.59 Å². The molecule has 6 nitrogen and oxygen atoms in total. The molecule has 2 aliphatic rings. The Morgan fingerprint density at radius 3 is 2.08 bits per heavy atom. The number of rotatable bonds is 4. The molecule has 2 fully saturated rings. The fraction of sp³-hybridized carbons (Fsp3) is 0.889. The molecule has 2 rings (SSSR count). The summed E-state index contributed by atoms with van der Waals surface area (Å²) in [6.07, 6.45) is 3.50. The van der Waals surface area contributed by atoms with Crippen molar-refractivity contribution in [1.29, 1.82) is 0 Å². The lowest BCUT2D eigenvalue weighted by molar-refractivity contribution is -0.136. The van der Waals surface area contributed by atoms with Gasteiger partial charge in [-0.15, -0.1) is 0 Å². The summed E-state index contributed by atoms with van der Waals surface area (Å²) in [7, 11) is 0. The topological polar surface area (TPSA) is 55.9 Å². The number of nitrogens with one attached hydrogen (secondary N) is 1. The third-order valence-electron chi connectivity index (χ3n) is 4.83. The average molecular weight is 338 g/mol. The molecule has 0 aromatic heterocycles. The van der Waals surface area contributed by atoms with Crippen LogP contribution in [0.3, 0.4) is 0 Å². The standard InChI is InChI=1S/C18H34N4O2/c1-15-7-5-6-8-22(15)17(24)14-21-11-9-20(10-12-21)13-16(23)19-18(2,3)4/h15H,5-14H2,1-4H3,(H,19,23)/t15-/m0/s1. The summed E-state index contributed by atoms with van der Waals surface area (Å²) in [5.41, 5.74) is -0.184. The fourth-order valence-corrected chi connectivity index (χ4v) is 3.52. The molecule has 0 aromatic rings. The zero-order valence-electron chi connectivity index (χ0n) is 15.8. The molecule has 1 N–H and O–H groups in total. The lowest BCUT2D eigenvalue weighted by Crippen LogP contribution is -2.54. The monoisotopic (exact) mass is 338 g/mol. The van der Waals surface area contributed by atoms with Crippen LogP contribution < -0.4 is 5.32 Å². The molecule has 0 radical (unpaired) electrons. The zero-order valence-corrected chi connectivity index (χ0v) is 15.8. The summed E-state index contributed by atoms with van der Waals surface area (Å²) >= 11 is 0. The maximum absolute atomic E-state index is 12.5. The van der Waals surface area contributed by atoms with Gasteiger partial charge in [0, 0.05) is 44.3 Å². The van der Waals surface area contributed by atoms with Crippen LogP contribution in [-0.2, 0) is 9.59 Å². The Morgan fingerprint density at radius 2 is 1.54 bits per heavy atom. The van der Waals surface area contributed by atoms with E-state index in [0.29, 0.717) is 19.1 Å². The Balaban J connectivity index is 1.70. The fourth-order valence-electron chi connectivity index (χ4n) is 3.52. The van der Waals surface area contributed by atoms with Gasteiger partial charge in [-0.2, -0.15) is 0 Å². The number of hydrogen-bond acceptors (Lipinski definition) is 4. The minimum atomic E-state index is -0.184. The van der Waals surface area contributed by atoms with Crippen molar-refractivity contribution in [2.45, 2.75) is 58.5 Å². The van der Waals surface area contributed by atoms with E-state index in [1.807, 2.05) is 25.7 Å². The summed E-state index contributed by atoms with van der Waals surface area (Å²) in [4.78, 5) is 30.9. The third-order valence-corrected chi connectivity index (χ3v) is 4.83. The lowest BCUT2D eigenvalue weighted by atomic mass is 10.0. The van der Waals surface area contributed by atoms with Crippen LogP contribution in [0.5, 0.6) is 0 Å². The van der Waals surface area contributed by atoms with E-state index < -0.39 is 0 Å². The first-order chi connectivity index (χ1) is 11.2. The van der Waals surface area contributed by atoms with Crippen LogP contribution in [0.1, 0.15) is 47.0 Å². The van der Waals surface area contributed by atoms with Crippen LogP contribution in [0.2, 0.25) is 0 Å². The van der Waals surface area contributed by atoms with Crippen molar-refractivity contribution in [2.24, 2.45) is 0 Å². The molecule has 6 heteroatoms. The molecule has 2 aliphatic heterocycles. The number of nitrogens with zero attached hydrogens (tertiary/aromatic N) is 3. The second-order valence-corrected chi connectivity index (χ2v) is 8.28. The second kappa shape index (κ2) is 8.30. The molecule has 1 atom stereocenters. The Kier molecular flexibility index (Phi) is 6.63. The Hall–Kier alpha value is -1.14. The molecule has 2 saturated heterocycles. The molecular weight excluding hydrogens is 304 g/mol. The van der Waals surface area contributed by atoms with Crippen molar-refractivity contribution >= 4 is 11.8 Å².